The molecule has 0 aromatic carbocycles. The zero-order valence-corrected chi connectivity index (χ0v) is 12.6. The zero-order valence-electron chi connectivity index (χ0n) is 11.8. The molecule has 0 aliphatic carbocycles. The summed E-state index contributed by atoms with van der Waals surface area (Å²) in [5.41, 5.74) is 0. The van der Waals surface area contributed by atoms with E-state index in [1.807, 2.05) is 0 Å². The molecule has 2 aliphatic heterocycles. The van der Waals surface area contributed by atoms with Crippen molar-refractivity contribution in [3.63, 3.8) is 0 Å². The van der Waals surface area contributed by atoms with Gasteiger partial charge in [0.05, 0.1) is 6.54 Å². The van der Waals surface area contributed by atoms with E-state index in [1.54, 1.807) is 0 Å². The van der Waals surface area contributed by atoms with Crippen LogP contribution in [0.2, 0.25) is 0 Å². The monoisotopic (exact) mass is 348 g/mol. The smallest absolute Gasteiger partial charge is 0.341 e. The van der Waals surface area contributed by atoms with E-state index in [1.165, 1.54) is 0 Å². The molecule has 13 heteroatoms. The van der Waals surface area contributed by atoms with Crippen molar-refractivity contribution in [3.05, 3.63) is 0 Å². The second-order valence-corrected chi connectivity index (χ2v) is 6.17. The van der Waals surface area contributed by atoms with Gasteiger partial charge in [-0.15, -0.1) is 0 Å². The van der Waals surface area contributed by atoms with Gasteiger partial charge in [-0.3, -0.25) is 33.5 Å². The molecular weight excluding hydrogens is 336 g/mol. The maximum atomic E-state index is 11.8. The summed E-state index contributed by atoms with van der Waals surface area (Å²) in [7, 11) is -4.67. The van der Waals surface area contributed by atoms with Gasteiger partial charge in [-0.2, -0.15) is 8.42 Å². The molecule has 126 valence electrons. The number of amides is 6. The van der Waals surface area contributed by atoms with Gasteiger partial charge in [0.15, 0.2) is 0 Å². The van der Waals surface area contributed by atoms with Crippen molar-refractivity contribution in [2.24, 2.45) is 0 Å². The van der Waals surface area contributed by atoms with Crippen LogP contribution < -0.4 is 5.32 Å². The lowest BCUT2D eigenvalue weighted by Gasteiger charge is -2.35. The predicted molar refractivity (Wildman–Crippen MR) is 69.7 cm³/mol. The quantitative estimate of drug-likeness (QED) is 0.307. The van der Waals surface area contributed by atoms with Crippen LogP contribution >= 0.6 is 0 Å². The topological polar surface area (TPSA) is 161 Å². The highest BCUT2D eigenvalue weighted by Crippen LogP contribution is 2.14. The minimum Gasteiger partial charge on any atom is -0.341 e. The molecule has 0 bridgehead atoms. The molecule has 2 rings (SSSR count). The number of rotatable bonds is 4. The van der Waals surface area contributed by atoms with Crippen molar-refractivity contribution in [1.29, 1.82) is 0 Å². The second kappa shape index (κ2) is 5.58. The van der Waals surface area contributed by atoms with E-state index in [4.69, 9.17) is 4.55 Å². The molecule has 6 amide bonds. The summed E-state index contributed by atoms with van der Waals surface area (Å²) in [4.78, 5) is 58.8. The van der Waals surface area contributed by atoms with Crippen molar-refractivity contribution in [1.82, 2.24) is 19.4 Å². The minimum absolute atomic E-state index is 0.154. The number of hydrogen-bond donors (Lipinski definition) is 2. The van der Waals surface area contributed by atoms with Crippen LogP contribution in [0.3, 0.4) is 0 Å². The second-order valence-electron chi connectivity index (χ2n) is 4.83. The van der Waals surface area contributed by atoms with Gasteiger partial charge in [-0.05, 0) is 0 Å². The molecule has 23 heavy (non-hydrogen) atoms. The van der Waals surface area contributed by atoms with Crippen LogP contribution in [0.25, 0.3) is 0 Å². The molecule has 2 saturated heterocycles. The van der Waals surface area contributed by atoms with Crippen LogP contribution in [0.15, 0.2) is 0 Å². The first kappa shape index (κ1) is 16.8. The third kappa shape index (κ3) is 3.14. The number of β-lactam (4-membered cyclic amide) rings is 1. The normalized spacial score (nSPS) is 21.6. The van der Waals surface area contributed by atoms with Gasteiger partial charge in [0.2, 0.25) is 11.8 Å². The minimum atomic E-state index is -4.67. The third-order valence-electron chi connectivity index (χ3n) is 3.24. The Morgan fingerprint density at radius 3 is 2.35 bits per heavy atom. The number of nitrogens with one attached hydrogen (secondary N) is 1. The lowest BCUT2D eigenvalue weighted by Crippen LogP contribution is -2.65. The molecule has 0 aromatic heterocycles. The summed E-state index contributed by atoms with van der Waals surface area (Å²) in [5, 5.41) is 2.13. The van der Waals surface area contributed by atoms with E-state index in [0.717, 1.165) is 6.92 Å². The number of urea groups is 1. The summed E-state index contributed by atoms with van der Waals surface area (Å²) < 4.78 is 30.3. The highest BCUT2D eigenvalue weighted by atomic mass is 32.2. The van der Waals surface area contributed by atoms with E-state index in [-0.39, 0.29) is 4.31 Å². The molecule has 1 unspecified atom stereocenters. The first-order chi connectivity index (χ1) is 10.5. The van der Waals surface area contributed by atoms with Crippen LogP contribution in [0.1, 0.15) is 6.92 Å². The van der Waals surface area contributed by atoms with Crippen LogP contribution in [-0.2, 0) is 29.5 Å². The Morgan fingerprint density at radius 2 is 1.91 bits per heavy atom. The van der Waals surface area contributed by atoms with Gasteiger partial charge in [0.1, 0.15) is 19.1 Å². The Morgan fingerprint density at radius 1 is 1.30 bits per heavy atom. The fourth-order valence-corrected chi connectivity index (χ4v) is 2.73. The molecule has 2 N–H and O–H groups in total. The molecule has 0 spiro atoms. The number of carbonyl (C=O) groups excluding carboxylic acids is 5. The van der Waals surface area contributed by atoms with Gasteiger partial charge < -0.3 is 5.32 Å². The lowest BCUT2D eigenvalue weighted by atomic mass is 10.1. The summed E-state index contributed by atoms with van der Waals surface area (Å²) >= 11 is 0. The number of hydrogen-bond acceptors (Lipinski definition) is 7. The van der Waals surface area contributed by atoms with E-state index < -0.39 is 65.6 Å². The first-order valence-corrected chi connectivity index (χ1v) is 7.63. The molecule has 0 aromatic rings. The van der Waals surface area contributed by atoms with Crippen molar-refractivity contribution in [2.45, 2.75) is 13.0 Å². The van der Waals surface area contributed by atoms with Gasteiger partial charge in [-0.25, -0.2) is 9.10 Å². The number of imide groups is 2. The van der Waals surface area contributed by atoms with Crippen molar-refractivity contribution >= 4 is 40.0 Å². The molecule has 12 nitrogen and oxygen atoms in total. The largest absolute Gasteiger partial charge is 0.362 e. The Balaban J connectivity index is 1.92. The molecule has 2 heterocycles. The van der Waals surface area contributed by atoms with Crippen molar-refractivity contribution in [3.8, 4) is 0 Å². The van der Waals surface area contributed by atoms with Crippen LogP contribution in [0.4, 0.5) is 4.79 Å². The standard InChI is InChI=1S/C10H12N4O8S/c1-5(15)12-4-8(17)13(10(12)19)3-7(16)11-6-2-14(9(6)18)23(20,21)22/h6H,2-4H2,1H3,(H,11,16)(H,20,21,22). The van der Waals surface area contributed by atoms with E-state index in [0.29, 0.717) is 9.80 Å². The summed E-state index contributed by atoms with van der Waals surface area (Å²) in [6.07, 6.45) is 0. The van der Waals surface area contributed by atoms with E-state index in [2.05, 4.69) is 5.32 Å². The summed E-state index contributed by atoms with van der Waals surface area (Å²) in [6, 6.07) is -2.13. The van der Waals surface area contributed by atoms with Crippen LogP contribution in [0, 0.1) is 0 Å². The molecule has 0 radical (unpaired) electrons. The van der Waals surface area contributed by atoms with Crippen molar-refractivity contribution < 1.29 is 36.9 Å². The average Bonchev–Trinajstić information content (AvgIpc) is 2.69. The van der Waals surface area contributed by atoms with Crippen LogP contribution in [-0.4, -0.2) is 82.4 Å². The SMILES string of the molecule is CC(=O)N1CC(=O)N(CC(=O)NC2CN(S(=O)(=O)O)C2=O)C1=O. The lowest BCUT2D eigenvalue weighted by molar-refractivity contribution is -0.141. The molecule has 2 aliphatic rings. The van der Waals surface area contributed by atoms with Gasteiger partial charge >= 0.3 is 16.3 Å². The van der Waals surface area contributed by atoms with E-state index in [9.17, 15) is 32.4 Å². The Labute approximate surface area is 129 Å². The van der Waals surface area contributed by atoms with Crippen LogP contribution in [0.5, 0.6) is 0 Å². The predicted octanol–water partition coefficient (Wildman–Crippen LogP) is -3.07. The van der Waals surface area contributed by atoms with Crippen molar-refractivity contribution in [2.75, 3.05) is 19.6 Å². The summed E-state index contributed by atoms with van der Waals surface area (Å²) in [6.45, 7) is -0.548. The molecule has 1 atom stereocenters. The van der Waals surface area contributed by atoms with E-state index >= 15 is 0 Å². The average molecular weight is 348 g/mol. The molecular formula is C10H12N4O8S. The zero-order chi connectivity index (χ0) is 17.5. The summed E-state index contributed by atoms with van der Waals surface area (Å²) in [5.74, 6) is -3.32. The Bertz CT molecular complexity index is 716. The maximum absolute atomic E-state index is 11.8. The first-order valence-electron chi connectivity index (χ1n) is 6.23. The fourth-order valence-electron chi connectivity index (χ4n) is 2.04. The Kier molecular flexibility index (Phi) is 4.08. The van der Waals surface area contributed by atoms with Gasteiger partial charge in [-0.1, -0.05) is 0 Å². The number of nitrogens with zero attached hydrogens (tertiary/aromatic N) is 3. The number of carbonyl (C=O) groups is 5. The molecule has 0 saturated carbocycles. The third-order valence-corrected chi connectivity index (χ3v) is 4.13. The maximum Gasteiger partial charge on any atom is 0.362 e. The highest BCUT2D eigenvalue weighted by molar-refractivity contribution is 7.84. The fraction of sp³-hybridized carbons (Fsp3) is 0.500. The van der Waals surface area contributed by atoms with Gasteiger partial charge in [0.25, 0.3) is 11.8 Å². The highest BCUT2D eigenvalue weighted by Gasteiger charge is 2.45. The van der Waals surface area contributed by atoms with Gasteiger partial charge in [0, 0.05) is 6.92 Å². The molecule has 2 fully saturated rings. The Hall–Kier alpha value is -2.54.